The van der Waals surface area contributed by atoms with E-state index in [1.165, 1.54) is 77.0 Å². The van der Waals surface area contributed by atoms with E-state index in [0.29, 0.717) is 16.2 Å². The van der Waals surface area contributed by atoms with Gasteiger partial charge in [0, 0.05) is 5.54 Å². The van der Waals surface area contributed by atoms with E-state index in [-0.39, 0.29) is 5.54 Å². The minimum atomic E-state index is 0.196. The average Bonchev–Trinajstić information content (AvgIpc) is 2.95. The van der Waals surface area contributed by atoms with E-state index < -0.39 is 0 Å². The van der Waals surface area contributed by atoms with Crippen molar-refractivity contribution in [3.63, 3.8) is 0 Å². The summed E-state index contributed by atoms with van der Waals surface area (Å²) in [6.07, 6.45) is 17.4. The minimum Gasteiger partial charge on any atom is -0.325 e. The zero-order valence-electron chi connectivity index (χ0n) is 17.9. The highest BCUT2D eigenvalue weighted by Crippen LogP contribution is 2.71. The quantitative estimate of drug-likeness (QED) is 0.522. The van der Waals surface area contributed by atoms with E-state index in [4.69, 9.17) is 5.73 Å². The molecule has 0 aromatic heterocycles. The first-order valence-corrected chi connectivity index (χ1v) is 12.0. The van der Waals surface area contributed by atoms with E-state index in [1.54, 1.807) is 0 Å². The van der Waals surface area contributed by atoms with Gasteiger partial charge in [-0.3, -0.25) is 0 Å². The van der Waals surface area contributed by atoms with Crippen molar-refractivity contribution in [3.05, 3.63) is 0 Å². The summed E-state index contributed by atoms with van der Waals surface area (Å²) in [5.74, 6) is 4.55. The highest BCUT2D eigenvalue weighted by atomic mass is 14.9. The third-order valence-electron chi connectivity index (χ3n) is 11.4. The van der Waals surface area contributed by atoms with Crippen molar-refractivity contribution < 1.29 is 0 Å². The Morgan fingerprint density at radius 3 is 2.00 bits per heavy atom. The van der Waals surface area contributed by atoms with Crippen LogP contribution >= 0.6 is 0 Å². The predicted molar refractivity (Wildman–Crippen MR) is 110 cm³/mol. The van der Waals surface area contributed by atoms with Gasteiger partial charge in [-0.05, 0) is 110 Å². The van der Waals surface area contributed by atoms with E-state index >= 15 is 0 Å². The van der Waals surface area contributed by atoms with Crippen LogP contribution in [0.2, 0.25) is 0 Å². The summed E-state index contributed by atoms with van der Waals surface area (Å²) in [6.45, 7) is 10.6. The van der Waals surface area contributed by atoms with Gasteiger partial charge in [-0.1, -0.05) is 40.5 Å². The van der Waals surface area contributed by atoms with Crippen molar-refractivity contribution in [1.29, 1.82) is 0 Å². The first kappa shape index (κ1) is 18.0. The van der Waals surface area contributed by atoms with E-state index in [1.807, 2.05) is 0 Å². The maximum absolute atomic E-state index is 7.23. The van der Waals surface area contributed by atoms with Crippen LogP contribution < -0.4 is 5.73 Å². The van der Waals surface area contributed by atoms with Crippen molar-refractivity contribution in [2.24, 2.45) is 51.6 Å². The lowest BCUT2D eigenvalue weighted by atomic mass is 9.37. The van der Waals surface area contributed by atoms with Gasteiger partial charge in [0.2, 0.25) is 0 Å². The maximum Gasteiger partial charge on any atom is 0.0216 e. The zero-order valence-corrected chi connectivity index (χ0v) is 17.9. The molecular weight excluding hydrogens is 314 g/mol. The lowest BCUT2D eigenvalue weighted by Crippen LogP contribution is -2.65. The second-order valence-electron chi connectivity index (χ2n) is 12.6. The van der Waals surface area contributed by atoms with Crippen LogP contribution in [0.3, 0.4) is 0 Å². The molecule has 0 aromatic carbocycles. The molecule has 5 fully saturated rings. The van der Waals surface area contributed by atoms with Crippen molar-refractivity contribution in [2.75, 3.05) is 0 Å². The van der Waals surface area contributed by atoms with Gasteiger partial charge in [0.25, 0.3) is 0 Å². The Kier molecular flexibility index (Phi) is 3.82. The Bertz CT molecular complexity index is 581. The van der Waals surface area contributed by atoms with Crippen molar-refractivity contribution in [1.82, 2.24) is 0 Å². The minimum absolute atomic E-state index is 0.196. The Morgan fingerprint density at radius 2 is 1.27 bits per heavy atom. The molecule has 5 saturated carbocycles. The van der Waals surface area contributed by atoms with E-state index in [0.717, 1.165) is 29.6 Å². The Morgan fingerprint density at radius 1 is 0.615 bits per heavy atom. The molecule has 0 spiro atoms. The number of fused-ring (bicyclic) bond motifs is 7. The molecule has 1 heteroatoms. The molecule has 5 aliphatic rings. The van der Waals surface area contributed by atoms with E-state index in [2.05, 4.69) is 27.7 Å². The summed E-state index contributed by atoms with van der Waals surface area (Å²) < 4.78 is 0. The largest absolute Gasteiger partial charge is 0.325 e. The molecule has 0 bridgehead atoms. The van der Waals surface area contributed by atoms with Crippen LogP contribution in [0.1, 0.15) is 105 Å². The maximum atomic E-state index is 7.23. The van der Waals surface area contributed by atoms with Gasteiger partial charge in [0.1, 0.15) is 0 Å². The predicted octanol–water partition coefficient (Wildman–Crippen LogP) is 6.55. The molecule has 148 valence electrons. The van der Waals surface area contributed by atoms with Crippen molar-refractivity contribution >= 4 is 0 Å². The van der Waals surface area contributed by atoms with Crippen molar-refractivity contribution in [2.45, 2.75) is 110 Å². The lowest BCUT2D eigenvalue weighted by molar-refractivity contribution is -0.181. The number of rotatable bonds is 0. The van der Waals surface area contributed by atoms with Crippen LogP contribution in [0.25, 0.3) is 0 Å². The summed E-state index contributed by atoms with van der Waals surface area (Å²) in [7, 11) is 0. The van der Waals surface area contributed by atoms with Gasteiger partial charge < -0.3 is 5.73 Å². The number of nitrogens with two attached hydrogens (primary N) is 1. The molecule has 1 unspecified atom stereocenters. The van der Waals surface area contributed by atoms with Gasteiger partial charge in [0.15, 0.2) is 0 Å². The number of hydrogen-bond donors (Lipinski definition) is 1. The molecule has 0 heterocycles. The van der Waals surface area contributed by atoms with E-state index in [9.17, 15) is 0 Å². The fourth-order valence-corrected chi connectivity index (χ4v) is 10.3. The van der Waals surface area contributed by atoms with Crippen LogP contribution in [0.4, 0.5) is 0 Å². The van der Waals surface area contributed by atoms with Crippen LogP contribution in [0.5, 0.6) is 0 Å². The second kappa shape index (κ2) is 5.52. The normalized spacial score (nSPS) is 58.3. The summed E-state index contributed by atoms with van der Waals surface area (Å²) in [4.78, 5) is 0. The smallest absolute Gasteiger partial charge is 0.0216 e. The molecule has 1 nitrogen and oxygen atoms in total. The highest BCUT2D eigenvalue weighted by molar-refractivity contribution is 5.16. The summed E-state index contributed by atoms with van der Waals surface area (Å²) in [5, 5.41) is 0. The SMILES string of the molecule is CC1(C)CCC[C@]2(C)[C@H]3CC[C@@H]4[C@@]5(N)CCC[C@@H]5CC[C@@]4(C)C3CC[C@@H]12. The Labute approximate surface area is 162 Å². The van der Waals surface area contributed by atoms with Gasteiger partial charge in [0.05, 0.1) is 0 Å². The molecule has 5 rings (SSSR count). The second-order valence-corrected chi connectivity index (χ2v) is 12.6. The molecule has 26 heavy (non-hydrogen) atoms. The first-order valence-electron chi connectivity index (χ1n) is 12.0. The summed E-state index contributed by atoms with van der Waals surface area (Å²) >= 11 is 0. The van der Waals surface area contributed by atoms with Crippen LogP contribution in [-0.2, 0) is 0 Å². The van der Waals surface area contributed by atoms with Gasteiger partial charge in [-0.25, -0.2) is 0 Å². The molecule has 0 amide bonds. The van der Waals surface area contributed by atoms with Gasteiger partial charge >= 0.3 is 0 Å². The summed E-state index contributed by atoms with van der Waals surface area (Å²) in [6, 6.07) is 0. The standard InChI is InChI=1S/C25H43N/c1-22(2)13-6-14-23(3)18-9-11-21-24(4,19(18)8-10-20(22)23)16-12-17-7-5-15-25(17,21)26/h17-21H,5-16,26H2,1-4H3/t17-,18+,19?,20+,21+,23-,24+,25-/m1/s1. The molecule has 0 radical (unpaired) electrons. The van der Waals surface area contributed by atoms with Crippen LogP contribution in [-0.4, -0.2) is 5.54 Å². The molecule has 8 atom stereocenters. The van der Waals surface area contributed by atoms with Crippen LogP contribution in [0, 0.1) is 45.8 Å². The Hall–Kier alpha value is -0.0400. The fraction of sp³-hybridized carbons (Fsp3) is 1.00. The monoisotopic (exact) mass is 357 g/mol. The number of hydrogen-bond acceptors (Lipinski definition) is 1. The lowest BCUT2D eigenvalue weighted by Gasteiger charge is -2.68. The fourth-order valence-electron chi connectivity index (χ4n) is 10.3. The third-order valence-corrected chi connectivity index (χ3v) is 11.4. The Balaban J connectivity index is 1.50. The topological polar surface area (TPSA) is 26.0 Å². The third kappa shape index (κ3) is 2.13. The van der Waals surface area contributed by atoms with Gasteiger partial charge in [-0.2, -0.15) is 0 Å². The summed E-state index contributed by atoms with van der Waals surface area (Å²) in [5.41, 5.74) is 9.13. The molecule has 5 aliphatic carbocycles. The molecule has 2 N–H and O–H groups in total. The molecule has 0 saturated heterocycles. The average molecular weight is 358 g/mol. The zero-order chi connectivity index (χ0) is 18.4. The highest BCUT2D eigenvalue weighted by Gasteiger charge is 2.65. The van der Waals surface area contributed by atoms with Crippen molar-refractivity contribution in [3.8, 4) is 0 Å². The first-order chi connectivity index (χ1) is 12.2. The molecule has 0 aromatic rings. The van der Waals surface area contributed by atoms with Gasteiger partial charge in [-0.15, -0.1) is 0 Å². The molecule has 0 aliphatic heterocycles. The van der Waals surface area contributed by atoms with Crippen LogP contribution in [0.15, 0.2) is 0 Å². The molecular formula is C25H43N.